The highest BCUT2D eigenvalue weighted by Gasteiger charge is 2.32. The molecule has 2 fully saturated rings. The van der Waals surface area contributed by atoms with E-state index in [1.54, 1.807) is 0 Å². The van der Waals surface area contributed by atoms with Crippen molar-refractivity contribution in [3.05, 3.63) is 0 Å². The summed E-state index contributed by atoms with van der Waals surface area (Å²) >= 11 is 1.24. The van der Waals surface area contributed by atoms with Gasteiger partial charge in [-0.1, -0.05) is 31.0 Å². The molecule has 0 radical (unpaired) electrons. The Morgan fingerprint density at radius 2 is 2.11 bits per heavy atom. The molecule has 1 heterocycles. The first-order chi connectivity index (χ1) is 8.65. The summed E-state index contributed by atoms with van der Waals surface area (Å²) in [5.41, 5.74) is 0. The average Bonchev–Trinajstić information content (AvgIpc) is 2.68. The van der Waals surface area contributed by atoms with Gasteiger partial charge in [0.1, 0.15) is 5.25 Å². The molecule has 18 heavy (non-hydrogen) atoms. The van der Waals surface area contributed by atoms with Crippen LogP contribution in [-0.2, 0) is 9.59 Å². The summed E-state index contributed by atoms with van der Waals surface area (Å²) < 4.78 is 0. The Morgan fingerprint density at radius 1 is 1.39 bits per heavy atom. The topological polar surface area (TPSA) is 78.8 Å². The van der Waals surface area contributed by atoms with Crippen LogP contribution in [0.5, 0.6) is 0 Å². The third kappa shape index (κ3) is 3.73. The number of carbonyl (C=O) groups is 2. The molecule has 1 aliphatic heterocycles. The number of hydrogen-bond donors (Lipinski definition) is 2. The predicted octanol–water partition coefficient (Wildman–Crippen LogP) is 1.63. The van der Waals surface area contributed by atoms with Gasteiger partial charge in [-0.3, -0.25) is 14.6 Å². The quantitative estimate of drug-likeness (QED) is 0.813. The third-order valence-corrected chi connectivity index (χ3v) is 4.47. The molecule has 0 aromatic heterocycles. The maximum absolute atomic E-state index is 11.5. The maximum Gasteiger partial charge on any atom is 0.305 e. The van der Waals surface area contributed by atoms with Gasteiger partial charge in [0.25, 0.3) is 0 Å². The summed E-state index contributed by atoms with van der Waals surface area (Å²) in [5.74, 6) is -0.553. The fourth-order valence-corrected chi connectivity index (χ4v) is 3.33. The Balaban J connectivity index is 1.82. The number of carboxylic acid groups (broad SMARTS) is 1. The van der Waals surface area contributed by atoms with Crippen molar-refractivity contribution in [3.8, 4) is 0 Å². The highest BCUT2D eigenvalue weighted by molar-refractivity contribution is 8.15. The zero-order valence-corrected chi connectivity index (χ0v) is 11.0. The molecule has 0 aromatic rings. The van der Waals surface area contributed by atoms with Gasteiger partial charge in [-0.2, -0.15) is 0 Å². The third-order valence-electron chi connectivity index (χ3n) is 3.35. The normalized spacial score (nSPS) is 27.4. The second-order valence-electron chi connectivity index (χ2n) is 4.84. The minimum atomic E-state index is -0.948. The van der Waals surface area contributed by atoms with Crippen LogP contribution in [0.25, 0.3) is 0 Å². The number of amidine groups is 1. The number of thioether (sulfide) groups is 1. The second kappa shape index (κ2) is 6.22. The Morgan fingerprint density at radius 3 is 2.78 bits per heavy atom. The van der Waals surface area contributed by atoms with Crippen LogP contribution in [0.15, 0.2) is 4.99 Å². The van der Waals surface area contributed by atoms with E-state index in [1.807, 2.05) is 0 Å². The number of hydrogen-bond acceptors (Lipinski definition) is 4. The van der Waals surface area contributed by atoms with Crippen LogP contribution in [0.4, 0.5) is 0 Å². The maximum atomic E-state index is 11.5. The van der Waals surface area contributed by atoms with Gasteiger partial charge in [0.15, 0.2) is 5.17 Å². The first-order valence-corrected chi connectivity index (χ1v) is 7.27. The van der Waals surface area contributed by atoms with Gasteiger partial charge in [0.2, 0.25) is 5.91 Å². The van der Waals surface area contributed by atoms with Crippen LogP contribution >= 0.6 is 11.8 Å². The molecule has 6 heteroatoms. The minimum Gasteiger partial charge on any atom is -0.481 e. The van der Waals surface area contributed by atoms with Crippen molar-refractivity contribution in [1.82, 2.24) is 5.32 Å². The van der Waals surface area contributed by atoms with E-state index in [0.717, 1.165) is 6.54 Å². The zero-order valence-electron chi connectivity index (χ0n) is 10.2. The fraction of sp³-hybridized carbons (Fsp3) is 0.750. The lowest BCUT2D eigenvalue weighted by atomic mass is 9.89. The van der Waals surface area contributed by atoms with E-state index in [9.17, 15) is 9.59 Å². The highest BCUT2D eigenvalue weighted by atomic mass is 32.2. The van der Waals surface area contributed by atoms with Gasteiger partial charge in [-0.15, -0.1) is 0 Å². The molecule has 0 aromatic carbocycles. The van der Waals surface area contributed by atoms with Gasteiger partial charge >= 0.3 is 5.97 Å². The largest absolute Gasteiger partial charge is 0.481 e. The summed E-state index contributed by atoms with van der Waals surface area (Å²) in [6.07, 6.45) is 6.16. The van der Waals surface area contributed by atoms with Gasteiger partial charge in [-0.05, 0) is 18.8 Å². The SMILES string of the molecule is O=C(O)CC1SC(=NCC2CCCCC2)NC1=O. The van der Waals surface area contributed by atoms with E-state index in [2.05, 4.69) is 10.3 Å². The summed E-state index contributed by atoms with van der Waals surface area (Å²) in [4.78, 5) is 26.5. The van der Waals surface area contributed by atoms with Gasteiger partial charge in [0, 0.05) is 6.54 Å². The van der Waals surface area contributed by atoms with Crippen molar-refractivity contribution in [2.45, 2.75) is 43.8 Å². The molecule has 2 rings (SSSR count). The van der Waals surface area contributed by atoms with Crippen molar-refractivity contribution < 1.29 is 14.7 Å². The van der Waals surface area contributed by atoms with Crippen LogP contribution in [-0.4, -0.2) is 33.9 Å². The molecule has 2 N–H and O–H groups in total. The van der Waals surface area contributed by atoms with E-state index < -0.39 is 11.2 Å². The monoisotopic (exact) mass is 270 g/mol. The van der Waals surface area contributed by atoms with Crippen molar-refractivity contribution in [1.29, 1.82) is 0 Å². The number of nitrogens with one attached hydrogen (secondary N) is 1. The molecule has 2 aliphatic rings. The van der Waals surface area contributed by atoms with Gasteiger partial charge in [-0.25, -0.2) is 0 Å². The summed E-state index contributed by atoms with van der Waals surface area (Å²) in [5, 5.41) is 11.4. The fourth-order valence-electron chi connectivity index (χ4n) is 2.36. The number of nitrogens with zero attached hydrogens (tertiary/aromatic N) is 1. The molecule has 0 bridgehead atoms. The molecule has 1 saturated heterocycles. The summed E-state index contributed by atoms with van der Waals surface area (Å²) in [6.45, 7) is 0.752. The van der Waals surface area contributed by atoms with Crippen molar-refractivity contribution in [3.63, 3.8) is 0 Å². The molecule has 0 spiro atoms. The van der Waals surface area contributed by atoms with E-state index in [0.29, 0.717) is 11.1 Å². The average molecular weight is 270 g/mol. The molecule has 1 saturated carbocycles. The van der Waals surface area contributed by atoms with Gasteiger partial charge < -0.3 is 10.4 Å². The first-order valence-electron chi connectivity index (χ1n) is 6.39. The van der Waals surface area contributed by atoms with E-state index in [-0.39, 0.29) is 12.3 Å². The van der Waals surface area contributed by atoms with Crippen LogP contribution in [0.1, 0.15) is 38.5 Å². The molecule has 5 nitrogen and oxygen atoms in total. The Bertz CT molecular complexity index is 364. The molecule has 1 atom stereocenters. The molecule has 1 amide bonds. The minimum absolute atomic E-state index is 0.140. The molecular weight excluding hydrogens is 252 g/mol. The van der Waals surface area contributed by atoms with Crippen LogP contribution in [0, 0.1) is 5.92 Å². The van der Waals surface area contributed by atoms with Crippen molar-refractivity contribution >= 4 is 28.8 Å². The molecule has 100 valence electrons. The van der Waals surface area contributed by atoms with Crippen molar-refractivity contribution in [2.24, 2.45) is 10.9 Å². The Labute approximate surface area is 110 Å². The van der Waals surface area contributed by atoms with Crippen LogP contribution < -0.4 is 5.32 Å². The smallest absolute Gasteiger partial charge is 0.305 e. The number of aliphatic imine (C=N–C) groups is 1. The highest BCUT2D eigenvalue weighted by Crippen LogP contribution is 2.26. The molecule has 1 unspecified atom stereocenters. The van der Waals surface area contributed by atoms with E-state index in [4.69, 9.17) is 5.11 Å². The van der Waals surface area contributed by atoms with Crippen molar-refractivity contribution in [2.75, 3.05) is 6.54 Å². The first kappa shape index (κ1) is 13.4. The van der Waals surface area contributed by atoms with Gasteiger partial charge in [0.05, 0.1) is 6.42 Å². The lowest BCUT2D eigenvalue weighted by molar-refractivity contribution is -0.138. The Kier molecular flexibility index (Phi) is 4.63. The zero-order chi connectivity index (χ0) is 13.0. The van der Waals surface area contributed by atoms with Crippen LogP contribution in [0.3, 0.4) is 0 Å². The number of rotatable bonds is 4. The lowest BCUT2D eigenvalue weighted by Crippen LogP contribution is -2.26. The Hall–Kier alpha value is -1.04. The second-order valence-corrected chi connectivity index (χ2v) is 6.03. The van der Waals surface area contributed by atoms with E-state index in [1.165, 1.54) is 43.9 Å². The van der Waals surface area contributed by atoms with Crippen LogP contribution in [0.2, 0.25) is 0 Å². The lowest BCUT2D eigenvalue weighted by Gasteiger charge is -2.19. The molecule has 1 aliphatic carbocycles. The number of aliphatic carboxylic acids is 1. The number of carboxylic acids is 1. The summed E-state index contributed by atoms with van der Waals surface area (Å²) in [7, 11) is 0. The summed E-state index contributed by atoms with van der Waals surface area (Å²) in [6, 6.07) is 0. The number of amides is 1. The van der Waals surface area contributed by atoms with E-state index >= 15 is 0 Å². The standard InChI is InChI=1S/C12H18N2O3S/c15-10(16)6-9-11(17)14-12(18-9)13-7-8-4-2-1-3-5-8/h8-9H,1-7H2,(H,15,16)(H,13,14,17). The predicted molar refractivity (Wildman–Crippen MR) is 70.7 cm³/mol. The number of carbonyl (C=O) groups excluding carboxylic acids is 1. The molecular formula is C12H18N2O3S.